The van der Waals surface area contributed by atoms with Crippen LogP contribution in [0.15, 0.2) is 30.3 Å². The summed E-state index contributed by atoms with van der Waals surface area (Å²) in [6.07, 6.45) is 1.11. The van der Waals surface area contributed by atoms with Gasteiger partial charge in [0.25, 0.3) is 0 Å². The summed E-state index contributed by atoms with van der Waals surface area (Å²) in [6.45, 7) is 10.5. The minimum Gasteiger partial charge on any atom is -0.302 e. The van der Waals surface area contributed by atoms with Crippen LogP contribution in [0, 0.1) is 0 Å². The molecule has 0 amide bonds. The highest BCUT2D eigenvalue weighted by Crippen LogP contribution is 2.23. The zero-order chi connectivity index (χ0) is 13.7. The normalized spacial score (nSPS) is 20.9. The molecule has 1 aromatic rings. The number of benzene rings is 1. The van der Waals surface area contributed by atoms with Crippen molar-refractivity contribution in [3.63, 3.8) is 0 Å². The van der Waals surface area contributed by atoms with Gasteiger partial charge >= 0.3 is 0 Å². The van der Waals surface area contributed by atoms with Crippen molar-refractivity contribution in [1.29, 1.82) is 0 Å². The predicted octanol–water partition coefficient (Wildman–Crippen LogP) is 1.78. The Morgan fingerprint density at radius 2 is 1.68 bits per heavy atom. The molecule has 1 heterocycles. The highest BCUT2D eigenvalue weighted by molar-refractivity contribution is 5.68. The fourth-order valence-electron chi connectivity index (χ4n) is 2.74. The number of likely N-dealkylation sites (N-methyl/N-ethyl adjacent to an activating group) is 1. The van der Waals surface area contributed by atoms with Gasteiger partial charge in [0.1, 0.15) is 6.29 Å². The first kappa shape index (κ1) is 14.2. The number of aldehydes is 1. The second-order valence-electron chi connectivity index (χ2n) is 5.61. The van der Waals surface area contributed by atoms with Crippen LogP contribution in [0.25, 0.3) is 0 Å². The molecule has 0 spiro atoms. The van der Waals surface area contributed by atoms with Crippen LogP contribution < -0.4 is 0 Å². The van der Waals surface area contributed by atoms with Crippen LogP contribution in [0.4, 0.5) is 0 Å². The van der Waals surface area contributed by atoms with E-state index in [-0.39, 0.29) is 0 Å². The van der Waals surface area contributed by atoms with E-state index in [1.54, 1.807) is 0 Å². The van der Waals surface area contributed by atoms with E-state index in [9.17, 15) is 4.79 Å². The maximum atomic E-state index is 11.6. The zero-order valence-electron chi connectivity index (χ0n) is 12.0. The molecule has 0 aromatic heterocycles. The van der Waals surface area contributed by atoms with Gasteiger partial charge in [-0.3, -0.25) is 4.90 Å². The monoisotopic (exact) mass is 260 g/mol. The predicted molar refractivity (Wildman–Crippen MR) is 78.4 cm³/mol. The summed E-state index contributed by atoms with van der Waals surface area (Å²) in [6, 6.07) is 10.1. The number of nitrogens with zero attached hydrogens (tertiary/aromatic N) is 2. The number of rotatable bonds is 5. The van der Waals surface area contributed by atoms with Crippen molar-refractivity contribution in [2.24, 2.45) is 0 Å². The molecule has 1 unspecified atom stereocenters. The largest absolute Gasteiger partial charge is 0.302 e. The van der Waals surface area contributed by atoms with Gasteiger partial charge in [0.15, 0.2) is 0 Å². The van der Waals surface area contributed by atoms with E-state index in [2.05, 4.69) is 28.9 Å². The van der Waals surface area contributed by atoms with Crippen molar-refractivity contribution in [1.82, 2.24) is 9.80 Å². The first-order chi connectivity index (χ1) is 9.18. The van der Waals surface area contributed by atoms with Crippen LogP contribution in [-0.4, -0.2) is 55.4 Å². The van der Waals surface area contributed by atoms with Gasteiger partial charge in [0.2, 0.25) is 0 Å². The minimum atomic E-state index is -0.393. The summed E-state index contributed by atoms with van der Waals surface area (Å²) < 4.78 is 0. The lowest BCUT2D eigenvalue weighted by Gasteiger charge is -2.38. The second-order valence-corrected chi connectivity index (χ2v) is 5.61. The Morgan fingerprint density at radius 3 is 2.21 bits per heavy atom. The summed E-state index contributed by atoms with van der Waals surface area (Å²) in [5.41, 5.74) is 0.721. The van der Waals surface area contributed by atoms with E-state index in [1.807, 2.05) is 25.1 Å². The lowest BCUT2D eigenvalue weighted by atomic mass is 9.83. The quantitative estimate of drug-likeness (QED) is 0.754. The third kappa shape index (κ3) is 3.43. The Balaban J connectivity index is 2.02. The van der Waals surface area contributed by atoms with Gasteiger partial charge in [-0.15, -0.1) is 0 Å². The molecule has 0 aliphatic carbocycles. The smallest absolute Gasteiger partial charge is 0.131 e. The second kappa shape index (κ2) is 6.31. The molecule has 1 atom stereocenters. The topological polar surface area (TPSA) is 23.6 Å². The van der Waals surface area contributed by atoms with E-state index >= 15 is 0 Å². The third-order valence-electron chi connectivity index (χ3n) is 4.16. The van der Waals surface area contributed by atoms with Crippen LogP contribution in [0.3, 0.4) is 0 Å². The van der Waals surface area contributed by atoms with Gasteiger partial charge in [-0.1, -0.05) is 37.3 Å². The fraction of sp³-hybridized carbons (Fsp3) is 0.562. The summed E-state index contributed by atoms with van der Waals surface area (Å²) in [5, 5.41) is 0. The average molecular weight is 260 g/mol. The van der Waals surface area contributed by atoms with E-state index in [0.717, 1.165) is 51.1 Å². The third-order valence-corrected chi connectivity index (χ3v) is 4.16. The van der Waals surface area contributed by atoms with Crippen LogP contribution >= 0.6 is 0 Å². The molecule has 1 aromatic carbocycles. The molecular formula is C16H24N2O. The Kier molecular flexibility index (Phi) is 4.72. The minimum absolute atomic E-state index is 0.393. The maximum absolute atomic E-state index is 11.6. The molecule has 104 valence electrons. The van der Waals surface area contributed by atoms with Crippen LogP contribution in [0.5, 0.6) is 0 Å². The van der Waals surface area contributed by atoms with E-state index in [0.29, 0.717) is 0 Å². The molecule has 1 saturated heterocycles. The Labute approximate surface area is 116 Å². The number of hydrogen-bond acceptors (Lipinski definition) is 3. The lowest BCUT2D eigenvalue weighted by molar-refractivity contribution is -0.113. The number of hydrogen-bond donors (Lipinski definition) is 0. The van der Waals surface area contributed by atoms with Crippen LogP contribution in [0.2, 0.25) is 0 Å². The number of carbonyl (C=O) groups excluding carboxylic acids is 1. The van der Waals surface area contributed by atoms with Crippen molar-refractivity contribution < 1.29 is 4.79 Å². The van der Waals surface area contributed by atoms with Crippen molar-refractivity contribution in [2.45, 2.75) is 19.3 Å². The van der Waals surface area contributed by atoms with E-state index in [1.165, 1.54) is 0 Å². The molecule has 3 nitrogen and oxygen atoms in total. The standard InChI is InChI=1S/C16H24N2O/c1-3-17-9-11-18(12-10-17)13-16(2,14-19)15-7-5-4-6-8-15/h4-8,14H,3,9-13H2,1-2H3. The van der Waals surface area contributed by atoms with Gasteiger partial charge in [0.05, 0.1) is 5.41 Å². The van der Waals surface area contributed by atoms with Crippen molar-refractivity contribution in [2.75, 3.05) is 39.3 Å². The first-order valence-corrected chi connectivity index (χ1v) is 7.14. The van der Waals surface area contributed by atoms with E-state index < -0.39 is 5.41 Å². The highest BCUT2D eigenvalue weighted by Gasteiger charge is 2.30. The molecule has 0 bridgehead atoms. The Morgan fingerprint density at radius 1 is 1.11 bits per heavy atom. The zero-order valence-corrected chi connectivity index (χ0v) is 12.0. The number of piperazine rings is 1. The molecule has 0 saturated carbocycles. The van der Waals surface area contributed by atoms with Crippen LogP contribution in [-0.2, 0) is 10.2 Å². The Hall–Kier alpha value is -1.19. The maximum Gasteiger partial charge on any atom is 0.131 e. The molecule has 1 aliphatic rings. The van der Waals surface area contributed by atoms with Gasteiger partial charge in [-0.25, -0.2) is 0 Å². The molecular weight excluding hydrogens is 236 g/mol. The molecule has 1 aliphatic heterocycles. The van der Waals surface area contributed by atoms with Crippen molar-refractivity contribution in [3.8, 4) is 0 Å². The first-order valence-electron chi connectivity index (χ1n) is 7.14. The summed E-state index contributed by atoms with van der Waals surface area (Å²) in [5.74, 6) is 0. The summed E-state index contributed by atoms with van der Waals surface area (Å²) in [7, 11) is 0. The molecule has 1 fully saturated rings. The van der Waals surface area contributed by atoms with Crippen LogP contribution in [0.1, 0.15) is 19.4 Å². The van der Waals surface area contributed by atoms with Gasteiger partial charge in [-0.2, -0.15) is 0 Å². The summed E-state index contributed by atoms with van der Waals surface area (Å²) in [4.78, 5) is 16.5. The van der Waals surface area contributed by atoms with Gasteiger partial charge < -0.3 is 9.69 Å². The van der Waals surface area contributed by atoms with Gasteiger partial charge in [-0.05, 0) is 19.0 Å². The lowest BCUT2D eigenvalue weighted by Crippen LogP contribution is -2.50. The highest BCUT2D eigenvalue weighted by atomic mass is 16.1. The molecule has 0 radical (unpaired) electrons. The van der Waals surface area contributed by atoms with E-state index in [4.69, 9.17) is 0 Å². The Bertz CT molecular complexity index is 398. The molecule has 3 heteroatoms. The molecule has 0 N–H and O–H groups in total. The SMILES string of the molecule is CCN1CCN(CC(C)(C=O)c2ccccc2)CC1. The summed E-state index contributed by atoms with van der Waals surface area (Å²) >= 11 is 0. The van der Waals surface area contributed by atoms with Crippen molar-refractivity contribution >= 4 is 6.29 Å². The average Bonchev–Trinajstić information content (AvgIpc) is 2.49. The van der Waals surface area contributed by atoms with Gasteiger partial charge in [0, 0.05) is 32.7 Å². The van der Waals surface area contributed by atoms with Crippen molar-refractivity contribution in [3.05, 3.63) is 35.9 Å². The number of carbonyl (C=O) groups is 1. The molecule has 2 rings (SSSR count). The fourth-order valence-corrected chi connectivity index (χ4v) is 2.74. The molecule has 19 heavy (non-hydrogen) atoms.